The molecule has 0 radical (unpaired) electrons. The molecule has 23 rings (SSSR count). The maximum atomic E-state index is 5.39. The van der Waals surface area contributed by atoms with E-state index in [2.05, 4.69) is 464 Å². The molecule has 0 aliphatic rings. The summed E-state index contributed by atoms with van der Waals surface area (Å²) in [6.45, 7) is 8.74. The lowest BCUT2D eigenvalue weighted by Gasteiger charge is -2.19. The monoisotopic (exact) mass is 1640 g/mol. The Balaban J connectivity index is 0.000000107. The zero-order valence-electron chi connectivity index (χ0n) is 72.7. The summed E-state index contributed by atoms with van der Waals surface area (Å²) in [7, 11) is 3.40. The summed E-state index contributed by atoms with van der Waals surface area (Å²) in [6.07, 6.45) is 0. The highest BCUT2D eigenvalue weighted by Gasteiger charge is 2.24. The number of fused-ring (bicyclic) bond motifs is 9. The molecule has 0 bridgehead atoms. The highest BCUT2D eigenvalue weighted by atomic mass is 16.5. The maximum absolute atomic E-state index is 5.39. The number of benzene rings is 23. The minimum Gasteiger partial charge on any atom is -0.497 e. The van der Waals surface area contributed by atoms with Crippen molar-refractivity contribution in [2.24, 2.45) is 0 Å². The molecule has 0 amide bonds. The second kappa shape index (κ2) is 35.7. The molecule has 2 nitrogen and oxygen atoms in total. The lowest BCUT2D eigenvalue weighted by molar-refractivity contribution is 0.415. The number of hydrogen-bond acceptors (Lipinski definition) is 2. The van der Waals surface area contributed by atoms with Crippen LogP contribution in [0.15, 0.2) is 461 Å². The summed E-state index contributed by atoms with van der Waals surface area (Å²) in [5.74, 6) is 1.73. The van der Waals surface area contributed by atoms with Gasteiger partial charge in [0.05, 0.1) is 14.2 Å². The third kappa shape index (κ3) is 15.5. The van der Waals surface area contributed by atoms with E-state index in [9.17, 15) is 0 Å². The van der Waals surface area contributed by atoms with Crippen LogP contribution in [0.4, 0.5) is 0 Å². The fourth-order valence-electron chi connectivity index (χ4n) is 19.4. The summed E-state index contributed by atoms with van der Waals surface area (Å²) in [5.41, 5.74) is 30.4. The van der Waals surface area contributed by atoms with Gasteiger partial charge in [-0.05, 0) is 272 Å². The Bertz CT molecular complexity index is 8020. The van der Waals surface area contributed by atoms with Crippen LogP contribution in [0.2, 0.25) is 0 Å². The van der Waals surface area contributed by atoms with Gasteiger partial charge in [0.25, 0.3) is 0 Å². The first-order valence-electron chi connectivity index (χ1n) is 44.2. The number of rotatable bonds is 12. The van der Waals surface area contributed by atoms with E-state index in [1.165, 1.54) is 230 Å². The molecule has 23 aromatic rings. The van der Waals surface area contributed by atoms with Gasteiger partial charge in [-0.1, -0.05) is 447 Å². The molecule has 0 saturated heterocycles. The van der Waals surface area contributed by atoms with E-state index >= 15 is 0 Å². The average Bonchev–Trinajstić information content (AvgIpc) is 0.742. The van der Waals surface area contributed by atoms with Crippen molar-refractivity contribution < 1.29 is 9.47 Å². The highest BCUT2D eigenvalue weighted by Crippen LogP contribution is 2.51. The van der Waals surface area contributed by atoms with E-state index in [4.69, 9.17) is 9.47 Å². The molecule has 0 saturated carbocycles. The van der Waals surface area contributed by atoms with Crippen LogP contribution in [0, 0.1) is 27.7 Å². The number of ether oxygens (including phenoxy) is 2. The second-order valence-electron chi connectivity index (χ2n) is 33.3. The Kier molecular flexibility index (Phi) is 22.4. The van der Waals surface area contributed by atoms with Gasteiger partial charge in [-0.15, -0.1) is 0 Å². The van der Waals surface area contributed by atoms with Gasteiger partial charge in [-0.3, -0.25) is 0 Å². The van der Waals surface area contributed by atoms with Crippen molar-refractivity contribution in [2.75, 3.05) is 14.2 Å². The zero-order valence-corrected chi connectivity index (χ0v) is 72.7. The normalized spacial score (nSPS) is 11.2. The minimum atomic E-state index is 0.864. The molecule has 0 aliphatic carbocycles. The smallest absolute Gasteiger partial charge is 0.118 e. The van der Waals surface area contributed by atoms with Crippen molar-refractivity contribution in [1.82, 2.24) is 0 Å². The van der Waals surface area contributed by atoms with Crippen LogP contribution in [0.3, 0.4) is 0 Å². The molecule has 0 heterocycles. The second-order valence-corrected chi connectivity index (χ2v) is 33.3. The Hall–Kier alpha value is -16.0. The van der Waals surface area contributed by atoms with Gasteiger partial charge in [0.2, 0.25) is 0 Å². The molecular weight excluding hydrogens is 1550 g/mol. The van der Waals surface area contributed by atoms with Gasteiger partial charge in [-0.2, -0.15) is 0 Å². The standard InChI is InChI=1S/2C33H24.C31H22.C29H24O2/c1-23-17-19-28-30(21-23)33(26-15-9-4-10-16-26)31-22-27(24-11-5-2-6-12-24)18-20-29(31)32(28)25-13-7-3-8-14-25;1-23-16-21-30-31(22-23)33(26-12-6-3-7-13-26)29-15-9-8-14-28(29)32(30)27-19-17-25(18-20-27)24-10-4-2-5-11-24;1-21-18-19-28-29(20-21)31(25-17-9-13-22-10-5-6-14-24(22)25)27-16-8-7-15-26(27)30(28)23-11-3-2-4-12-23;1-19-7-6-10-26-27(19)29(21-13-17-23(31-3)18-14-21)25-9-5-4-8-24(25)28(26)20-11-15-22(30-2)16-12-20/h2*2-22H,1H3;2-20H,1H3;4-18H,1-3H3. The van der Waals surface area contributed by atoms with Crippen LogP contribution in [-0.2, 0) is 0 Å². The first kappa shape index (κ1) is 80.4. The maximum Gasteiger partial charge on any atom is 0.118 e. The Morgan fingerprint density at radius 3 is 0.805 bits per heavy atom. The van der Waals surface area contributed by atoms with Crippen LogP contribution in [-0.4, -0.2) is 14.2 Å². The molecular formula is C126H94O2. The van der Waals surface area contributed by atoms with Crippen LogP contribution < -0.4 is 9.47 Å². The van der Waals surface area contributed by atoms with Gasteiger partial charge in [-0.25, -0.2) is 0 Å². The lowest BCUT2D eigenvalue weighted by atomic mass is 9.84. The third-order valence-electron chi connectivity index (χ3n) is 25.3. The molecule has 128 heavy (non-hydrogen) atoms. The van der Waals surface area contributed by atoms with Gasteiger partial charge in [0, 0.05) is 0 Å². The van der Waals surface area contributed by atoms with Crippen molar-refractivity contribution >= 4 is 97.0 Å². The van der Waals surface area contributed by atoms with Gasteiger partial charge < -0.3 is 9.47 Å². The number of aryl methyl sites for hydroxylation is 4. The van der Waals surface area contributed by atoms with Crippen molar-refractivity contribution in [3.8, 4) is 123 Å². The molecule has 0 aliphatic heterocycles. The van der Waals surface area contributed by atoms with Crippen LogP contribution in [0.1, 0.15) is 22.3 Å². The van der Waals surface area contributed by atoms with E-state index in [1.807, 2.05) is 24.3 Å². The summed E-state index contributed by atoms with van der Waals surface area (Å²) >= 11 is 0. The van der Waals surface area contributed by atoms with Gasteiger partial charge in [0.1, 0.15) is 11.5 Å². The van der Waals surface area contributed by atoms with E-state index < -0.39 is 0 Å². The molecule has 0 aromatic heterocycles. The van der Waals surface area contributed by atoms with E-state index in [0.717, 1.165) is 11.5 Å². The number of hydrogen-bond donors (Lipinski definition) is 0. The molecule has 0 unspecified atom stereocenters. The zero-order chi connectivity index (χ0) is 86.6. The first-order valence-corrected chi connectivity index (χ1v) is 44.2. The molecule has 23 aromatic carbocycles. The summed E-state index contributed by atoms with van der Waals surface area (Å²) in [6, 6.07) is 166. The molecule has 2 heteroatoms. The Morgan fingerprint density at radius 2 is 0.391 bits per heavy atom. The predicted molar refractivity (Wildman–Crippen MR) is 550 cm³/mol. The molecule has 0 N–H and O–H groups in total. The van der Waals surface area contributed by atoms with Crippen LogP contribution in [0.5, 0.6) is 11.5 Å². The quantitative estimate of drug-likeness (QED) is 0.114. The van der Waals surface area contributed by atoms with Crippen LogP contribution >= 0.6 is 0 Å². The molecule has 0 atom stereocenters. The van der Waals surface area contributed by atoms with Crippen molar-refractivity contribution in [1.29, 1.82) is 0 Å². The van der Waals surface area contributed by atoms with E-state index in [1.54, 1.807) is 14.2 Å². The summed E-state index contributed by atoms with van der Waals surface area (Å²) in [4.78, 5) is 0. The Labute approximate surface area is 749 Å². The fourth-order valence-corrected chi connectivity index (χ4v) is 19.4. The third-order valence-corrected chi connectivity index (χ3v) is 25.3. The summed E-state index contributed by atoms with van der Waals surface area (Å²) < 4.78 is 10.8. The fraction of sp³-hybridized carbons (Fsp3) is 0.0476. The predicted octanol–water partition coefficient (Wildman–Crippen LogP) is 35.0. The van der Waals surface area contributed by atoms with E-state index in [-0.39, 0.29) is 0 Å². The minimum absolute atomic E-state index is 0.864. The number of methoxy groups -OCH3 is 2. The summed E-state index contributed by atoms with van der Waals surface area (Å²) in [5, 5.41) is 23.2. The lowest BCUT2D eigenvalue weighted by Crippen LogP contribution is -1.93. The average molecular weight is 1640 g/mol. The van der Waals surface area contributed by atoms with Gasteiger partial charge >= 0.3 is 0 Å². The SMILES string of the molecule is COc1ccc(-c2c3ccccc3c(-c3ccc(OC)cc3)c3c(C)cccc23)cc1.Cc1ccc2c(-c3ccc(-c4ccccc4)cc3)c3ccccc3c(-c3ccccc3)c2c1.Cc1ccc2c(-c3ccccc3)c3ccc(-c4ccccc4)cc3c(-c3ccccc3)c2c1.Cc1ccc2c(-c3ccccc3)c3ccccc3c(-c3cccc4ccccc34)c2c1. The highest BCUT2D eigenvalue weighted by molar-refractivity contribution is 6.27. The first-order chi connectivity index (χ1) is 63.1. The van der Waals surface area contributed by atoms with Gasteiger partial charge in [0.15, 0.2) is 0 Å². The topological polar surface area (TPSA) is 18.5 Å². The van der Waals surface area contributed by atoms with Crippen LogP contribution in [0.25, 0.3) is 208 Å². The molecule has 0 fully saturated rings. The van der Waals surface area contributed by atoms with Crippen molar-refractivity contribution in [3.63, 3.8) is 0 Å². The van der Waals surface area contributed by atoms with Crippen molar-refractivity contribution in [3.05, 3.63) is 483 Å². The van der Waals surface area contributed by atoms with E-state index in [0.29, 0.717) is 0 Å². The Morgan fingerprint density at radius 1 is 0.148 bits per heavy atom. The van der Waals surface area contributed by atoms with Crippen molar-refractivity contribution in [2.45, 2.75) is 27.7 Å². The largest absolute Gasteiger partial charge is 0.497 e. The molecule has 0 spiro atoms. The molecule has 610 valence electrons.